The maximum absolute atomic E-state index is 12.4. The second kappa shape index (κ2) is 8.93. The number of nitrogens with one attached hydrogen (secondary N) is 1. The summed E-state index contributed by atoms with van der Waals surface area (Å²) in [6.45, 7) is 9.77. The second-order valence-electron chi connectivity index (χ2n) is 6.07. The number of carbonyl (C=O) groups excluding carboxylic acids is 1. The zero-order valence-corrected chi connectivity index (χ0v) is 14.4. The van der Waals surface area contributed by atoms with Crippen molar-refractivity contribution in [1.82, 2.24) is 5.32 Å². The predicted molar refractivity (Wildman–Crippen MR) is 87.2 cm³/mol. The minimum atomic E-state index is -0.414. The van der Waals surface area contributed by atoms with Crippen molar-refractivity contribution >= 4 is 17.7 Å². The van der Waals surface area contributed by atoms with Crippen molar-refractivity contribution in [2.24, 2.45) is 11.8 Å². The van der Waals surface area contributed by atoms with Crippen LogP contribution >= 0.6 is 11.8 Å². The van der Waals surface area contributed by atoms with E-state index in [4.69, 9.17) is 4.74 Å². The summed E-state index contributed by atoms with van der Waals surface area (Å²) >= 11 is 2.01. The van der Waals surface area contributed by atoms with Gasteiger partial charge in [0, 0.05) is 0 Å². The lowest BCUT2D eigenvalue weighted by molar-refractivity contribution is -0.153. The van der Waals surface area contributed by atoms with Crippen LogP contribution in [0.4, 0.5) is 0 Å². The molecule has 0 aromatic rings. The van der Waals surface area contributed by atoms with Crippen molar-refractivity contribution < 1.29 is 9.53 Å². The Hall–Kier alpha value is -0.220. The summed E-state index contributed by atoms with van der Waals surface area (Å²) in [4.78, 5) is 12.4. The van der Waals surface area contributed by atoms with Gasteiger partial charge in [-0.1, -0.05) is 27.2 Å². The van der Waals surface area contributed by atoms with E-state index in [0.717, 1.165) is 43.9 Å². The topological polar surface area (TPSA) is 38.3 Å². The summed E-state index contributed by atoms with van der Waals surface area (Å²) in [7, 11) is 0. The fourth-order valence-corrected chi connectivity index (χ4v) is 4.25. The molecule has 1 N–H and O–H groups in total. The van der Waals surface area contributed by atoms with E-state index in [-0.39, 0.29) is 5.97 Å². The average Bonchev–Trinajstić information content (AvgIpc) is 2.79. The molecule has 20 heavy (non-hydrogen) atoms. The van der Waals surface area contributed by atoms with Gasteiger partial charge in [0.15, 0.2) is 0 Å². The van der Waals surface area contributed by atoms with Crippen LogP contribution in [0.5, 0.6) is 0 Å². The lowest BCUT2D eigenvalue weighted by Crippen LogP contribution is -2.55. The van der Waals surface area contributed by atoms with Crippen LogP contribution in [0.25, 0.3) is 0 Å². The number of rotatable bonds is 9. The summed E-state index contributed by atoms with van der Waals surface area (Å²) in [5.41, 5.74) is -0.414. The van der Waals surface area contributed by atoms with Gasteiger partial charge in [0.25, 0.3) is 0 Å². The number of carbonyl (C=O) groups is 1. The van der Waals surface area contributed by atoms with Crippen LogP contribution < -0.4 is 5.32 Å². The number of hydrogen-bond donors (Lipinski definition) is 1. The lowest BCUT2D eigenvalue weighted by Gasteiger charge is -2.34. The van der Waals surface area contributed by atoms with Crippen LogP contribution in [0.15, 0.2) is 0 Å². The van der Waals surface area contributed by atoms with Crippen LogP contribution in [0.2, 0.25) is 0 Å². The smallest absolute Gasteiger partial charge is 0.326 e. The van der Waals surface area contributed by atoms with Crippen molar-refractivity contribution in [2.75, 3.05) is 24.7 Å². The lowest BCUT2D eigenvalue weighted by atomic mass is 9.85. The monoisotopic (exact) mass is 301 g/mol. The first kappa shape index (κ1) is 17.8. The molecule has 0 bridgehead atoms. The summed E-state index contributed by atoms with van der Waals surface area (Å²) in [5, 5.41) is 3.46. The number of thioether (sulfide) groups is 1. The molecule has 0 aliphatic heterocycles. The van der Waals surface area contributed by atoms with Gasteiger partial charge in [-0.2, -0.15) is 11.8 Å². The Morgan fingerprint density at radius 1 is 1.45 bits per heavy atom. The summed E-state index contributed by atoms with van der Waals surface area (Å²) in [6, 6.07) is 0. The molecule has 1 aliphatic carbocycles. The van der Waals surface area contributed by atoms with Crippen molar-refractivity contribution in [3.05, 3.63) is 0 Å². The molecule has 2 unspecified atom stereocenters. The average molecular weight is 301 g/mol. The van der Waals surface area contributed by atoms with Gasteiger partial charge in [-0.05, 0) is 56.1 Å². The molecule has 1 fully saturated rings. The molecule has 0 aromatic heterocycles. The fraction of sp³-hybridized carbons (Fsp3) is 0.938. The molecule has 0 amide bonds. The quantitative estimate of drug-likeness (QED) is 0.523. The highest BCUT2D eigenvalue weighted by molar-refractivity contribution is 7.99. The van der Waals surface area contributed by atoms with Gasteiger partial charge in [-0.15, -0.1) is 0 Å². The molecule has 0 spiro atoms. The maximum Gasteiger partial charge on any atom is 0.326 e. The van der Waals surface area contributed by atoms with Crippen molar-refractivity contribution in [3.8, 4) is 0 Å². The molecule has 0 heterocycles. The SMILES string of the molecule is CCNC1(C(=O)OCC)CCCC1CCSCC(C)C. The van der Waals surface area contributed by atoms with Crippen LogP contribution in [-0.4, -0.2) is 36.2 Å². The van der Waals surface area contributed by atoms with Gasteiger partial charge >= 0.3 is 5.97 Å². The van der Waals surface area contributed by atoms with E-state index >= 15 is 0 Å². The standard InChI is InChI=1S/C16H31NO2S/c1-5-17-16(15(18)19-6-2)10-7-8-14(16)9-11-20-12-13(3)4/h13-14,17H,5-12H2,1-4H3. The molecule has 1 aliphatic rings. The van der Waals surface area contributed by atoms with Crippen molar-refractivity contribution in [2.45, 2.75) is 58.9 Å². The molecule has 1 rings (SSSR count). The number of esters is 1. The fourth-order valence-electron chi connectivity index (χ4n) is 3.16. The minimum Gasteiger partial charge on any atom is -0.465 e. The molecule has 2 atom stereocenters. The highest BCUT2D eigenvalue weighted by Gasteiger charge is 2.49. The normalized spacial score (nSPS) is 26.1. The van der Waals surface area contributed by atoms with Gasteiger partial charge in [0.05, 0.1) is 6.61 Å². The van der Waals surface area contributed by atoms with Crippen LogP contribution in [0.3, 0.4) is 0 Å². The Morgan fingerprint density at radius 3 is 2.80 bits per heavy atom. The first-order chi connectivity index (χ1) is 9.56. The third kappa shape index (κ3) is 4.66. The van der Waals surface area contributed by atoms with Crippen molar-refractivity contribution in [1.29, 1.82) is 0 Å². The molecule has 118 valence electrons. The van der Waals surface area contributed by atoms with Gasteiger partial charge in [0.2, 0.25) is 0 Å². The van der Waals surface area contributed by atoms with E-state index in [1.54, 1.807) is 0 Å². The van der Waals surface area contributed by atoms with E-state index < -0.39 is 5.54 Å². The molecule has 3 nitrogen and oxygen atoms in total. The largest absolute Gasteiger partial charge is 0.465 e. The predicted octanol–water partition coefficient (Wildman–Crippen LogP) is 3.48. The Morgan fingerprint density at radius 2 is 2.20 bits per heavy atom. The van der Waals surface area contributed by atoms with E-state index in [0.29, 0.717) is 12.5 Å². The van der Waals surface area contributed by atoms with Crippen LogP contribution in [-0.2, 0) is 9.53 Å². The summed E-state index contributed by atoms with van der Waals surface area (Å²) < 4.78 is 5.35. The Balaban J connectivity index is 2.59. The number of ether oxygens (including phenoxy) is 1. The molecular formula is C16H31NO2S. The number of likely N-dealkylation sites (N-methyl/N-ethyl adjacent to an activating group) is 1. The Labute approximate surface area is 128 Å². The highest BCUT2D eigenvalue weighted by atomic mass is 32.2. The van der Waals surface area contributed by atoms with Crippen molar-refractivity contribution in [3.63, 3.8) is 0 Å². The summed E-state index contributed by atoms with van der Waals surface area (Å²) in [6.07, 6.45) is 4.32. The molecule has 1 saturated carbocycles. The third-order valence-electron chi connectivity index (χ3n) is 4.01. The van der Waals surface area contributed by atoms with E-state index in [1.807, 2.05) is 18.7 Å². The third-order valence-corrected chi connectivity index (χ3v) is 5.44. The van der Waals surface area contributed by atoms with Gasteiger partial charge < -0.3 is 10.1 Å². The molecule has 0 radical (unpaired) electrons. The zero-order chi connectivity index (χ0) is 15.0. The Bertz CT molecular complexity index is 296. The van der Waals surface area contributed by atoms with Crippen LogP contribution in [0.1, 0.15) is 53.4 Å². The number of hydrogen-bond acceptors (Lipinski definition) is 4. The maximum atomic E-state index is 12.4. The molecular weight excluding hydrogens is 270 g/mol. The Kier molecular flexibility index (Phi) is 7.96. The highest BCUT2D eigenvalue weighted by Crippen LogP contribution is 2.39. The molecule has 4 heteroatoms. The van der Waals surface area contributed by atoms with Gasteiger partial charge in [0.1, 0.15) is 5.54 Å². The van der Waals surface area contributed by atoms with E-state index in [1.165, 1.54) is 5.75 Å². The molecule has 0 aromatic carbocycles. The van der Waals surface area contributed by atoms with Gasteiger partial charge in [-0.3, -0.25) is 4.79 Å². The first-order valence-corrected chi connectivity index (χ1v) is 9.22. The second-order valence-corrected chi connectivity index (χ2v) is 7.22. The zero-order valence-electron chi connectivity index (χ0n) is 13.5. The van der Waals surface area contributed by atoms with Crippen LogP contribution in [0, 0.1) is 11.8 Å². The van der Waals surface area contributed by atoms with E-state index in [2.05, 4.69) is 26.1 Å². The van der Waals surface area contributed by atoms with E-state index in [9.17, 15) is 4.79 Å². The minimum absolute atomic E-state index is 0.0294. The van der Waals surface area contributed by atoms with Gasteiger partial charge in [-0.25, -0.2) is 0 Å². The molecule has 0 saturated heterocycles. The first-order valence-electron chi connectivity index (χ1n) is 8.06. The summed E-state index contributed by atoms with van der Waals surface area (Å²) in [5.74, 6) is 3.50.